The third-order valence-electron chi connectivity index (χ3n) is 3.43. The van der Waals surface area contributed by atoms with E-state index in [2.05, 4.69) is 36.6 Å². The molecule has 0 radical (unpaired) electrons. The van der Waals surface area contributed by atoms with Crippen LogP contribution in [0, 0.1) is 0 Å². The van der Waals surface area contributed by atoms with Gasteiger partial charge in [0.15, 0.2) is 0 Å². The van der Waals surface area contributed by atoms with E-state index in [1.165, 1.54) is 17.5 Å². The Kier molecular flexibility index (Phi) is 4.02. The molecule has 3 rings (SSSR count). The van der Waals surface area contributed by atoms with Crippen molar-refractivity contribution in [3.8, 4) is 21.8 Å². The predicted molar refractivity (Wildman–Crippen MR) is 91.4 cm³/mol. The monoisotopic (exact) mass is 294 g/mol. The Morgan fingerprint density at radius 1 is 1.05 bits per heavy atom. The van der Waals surface area contributed by atoms with Gasteiger partial charge in [0.1, 0.15) is 5.01 Å². The maximum absolute atomic E-state index is 5.84. The lowest BCUT2D eigenvalue weighted by molar-refractivity contribution is 0.922. The summed E-state index contributed by atoms with van der Waals surface area (Å²) in [5.41, 5.74) is 11.3. The minimum atomic E-state index is 0.771. The van der Waals surface area contributed by atoms with Crippen molar-refractivity contribution in [1.29, 1.82) is 0 Å². The smallest absolute Gasteiger partial charge is 0.124 e. The normalized spacial score (nSPS) is 10.7. The Labute approximate surface area is 129 Å². The first-order chi connectivity index (χ1) is 10.3. The van der Waals surface area contributed by atoms with Gasteiger partial charge in [0.05, 0.1) is 5.69 Å². The number of nitrogen functional groups attached to an aromatic ring is 1. The van der Waals surface area contributed by atoms with Crippen LogP contribution in [0.3, 0.4) is 0 Å². The minimum Gasteiger partial charge on any atom is -0.399 e. The molecule has 0 atom stereocenters. The summed E-state index contributed by atoms with van der Waals surface area (Å²) >= 11 is 1.65. The van der Waals surface area contributed by atoms with Crippen molar-refractivity contribution in [2.45, 2.75) is 19.8 Å². The van der Waals surface area contributed by atoms with E-state index in [-0.39, 0.29) is 0 Å². The van der Waals surface area contributed by atoms with Crippen molar-refractivity contribution in [3.05, 3.63) is 59.5 Å². The van der Waals surface area contributed by atoms with Crippen molar-refractivity contribution in [2.24, 2.45) is 0 Å². The number of thiazole rings is 1. The lowest BCUT2D eigenvalue weighted by Gasteiger charge is -2.01. The Morgan fingerprint density at radius 2 is 1.86 bits per heavy atom. The molecule has 0 amide bonds. The molecule has 0 aliphatic carbocycles. The maximum atomic E-state index is 5.84. The number of hydrogen-bond acceptors (Lipinski definition) is 3. The fourth-order valence-electron chi connectivity index (χ4n) is 2.34. The highest BCUT2D eigenvalue weighted by atomic mass is 32.1. The number of nitrogens with zero attached hydrogens (tertiary/aromatic N) is 1. The van der Waals surface area contributed by atoms with E-state index in [1.807, 2.05) is 24.3 Å². The molecule has 3 heteroatoms. The van der Waals surface area contributed by atoms with Gasteiger partial charge in [0.2, 0.25) is 0 Å². The maximum Gasteiger partial charge on any atom is 0.124 e. The van der Waals surface area contributed by atoms with Crippen LogP contribution in [-0.2, 0) is 6.42 Å². The molecular formula is C18H18N2S. The van der Waals surface area contributed by atoms with Gasteiger partial charge in [0.25, 0.3) is 0 Å². The van der Waals surface area contributed by atoms with E-state index in [0.717, 1.165) is 28.4 Å². The molecule has 0 bridgehead atoms. The van der Waals surface area contributed by atoms with Crippen LogP contribution < -0.4 is 5.73 Å². The Bertz CT molecular complexity index is 729. The van der Waals surface area contributed by atoms with Gasteiger partial charge in [0, 0.05) is 22.2 Å². The molecule has 2 aromatic carbocycles. The Morgan fingerprint density at radius 3 is 2.57 bits per heavy atom. The lowest BCUT2D eigenvalue weighted by Crippen LogP contribution is -1.85. The van der Waals surface area contributed by atoms with Crippen LogP contribution in [0.25, 0.3) is 21.8 Å². The molecule has 21 heavy (non-hydrogen) atoms. The molecule has 1 heterocycles. The summed E-state index contributed by atoms with van der Waals surface area (Å²) in [6.45, 7) is 2.20. The SMILES string of the molecule is CCCc1ccc(-c2csc(-c3cccc(N)c3)n2)cc1. The predicted octanol–water partition coefficient (Wildman–Crippen LogP) is 5.01. The minimum absolute atomic E-state index is 0.771. The van der Waals surface area contributed by atoms with Crippen LogP contribution in [0.15, 0.2) is 53.9 Å². The van der Waals surface area contributed by atoms with E-state index >= 15 is 0 Å². The molecule has 1 aromatic heterocycles. The second kappa shape index (κ2) is 6.10. The topological polar surface area (TPSA) is 38.9 Å². The van der Waals surface area contributed by atoms with Gasteiger partial charge < -0.3 is 5.73 Å². The van der Waals surface area contributed by atoms with Crippen molar-refractivity contribution in [2.75, 3.05) is 5.73 Å². The molecule has 0 aliphatic heterocycles. The van der Waals surface area contributed by atoms with Gasteiger partial charge in [-0.25, -0.2) is 4.98 Å². The van der Waals surface area contributed by atoms with Crippen LogP contribution in [0.5, 0.6) is 0 Å². The number of aryl methyl sites for hydroxylation is 1. The first-order valence-corrected chi connectivity index (χ1v) is 8.05. The summed E-state index contributed by atoms with van der Waals surface area (Å²) in [5, 5.41) is 3.11. The van der Waals surface area contributed by atoms with E-state index in [1.54, 1.807) is 11.3 Å². The van der Waals surface area contributed by atoms with Gasteiger partial charge in [-0.15, -0.1) is 11.3 Å². The first kappa shape index (κ1) is 13.8. The zero-order chi connectivity index (χ0) is 14.7. The highest BCUT2D eigenvalue weighted by Gasteiger charge is 2.07. The summed E-state index contributed by atoms with van der Waals surface area (Å²) in [6.07, 6.45) is 2.31. The highest BCUT2D eigenvalue weighted by molar-refractivity contribution is 7.13. The fourth-order valence-corrected chi connectivity index (χ4v) is 3.17. The number of nitrogens with two attached hydrogens (primary N) is 1. The standard InChI is InChI=1S/C18H18N2S/c1-2-4-13-7-9-14(10-8-13)17-12-21-18(20-17)15-5-3-6-16(19)11-15/h3,5-12H,2,4,19H2,1H3. The molecule has 0 saturated heterocycles. The van der Waals surface area contributed by atoms with Gasteiger partial charge in [-0.3, -0.25) is 0 Å². The Balaban J connectivity index is 1.87. The highest BCUT2D eigenvalue weighted by Crippen LogP contribution is 2.29. The third-order valence-corrected chi connectivity index (χ3v) is 4.32. The summed E-state index contributed by atoms with van der Waals surface area (Å²) in [5.74, 6) is 0. The van der Waals surface area contributed by atoms with Gasteiger partial charge in [-0.05, 0) is 24.1 Å². The van der Waals surface area contributed by atoms with Crippen LogP contribution >= 0.6 is 11.3 Å². The van der Waals surface area contributed by atoms with E-state index in [4.69, 9.17) is 10.7 Å². The summed E-state index contributed by atoms with van der Waals surface area (Å²) in [7, 11) is 0. The first-order valence-electron chi connectivity index (χ1n) is 7.17. The van der Waals surface area contributed by atoms with Crippen LogP contribution in [0.4, 0.5) is 5.69 Å². The Hall–Kier alpha value is -2.13. The average Bonchev–Trinajstić information content (AvgIpc) is 2.98. The summed E-state index contributed by atoms with van der Waals surface area (Å²) < 4.78 is 0. The quantitative estimate of drug-likeness (QED) is 0.687. The van der Waals surface area contributed by atoms with Gasteiger partial charge >= 0.3 is 0 Å². The lowest BCUT2D eigenvalue weighted by atomic mass is 10.1. The van der Waals surface area contributed by atoms with Crippen molar-refractivity contribution >= 4 is 17.0 Å². The second-order valence-corrected chi connectivity index (χ2v) is 5.97. The fraction of sp³-hybridized carbons (Fsp3) is 0.167. The van der Waals surface area contributed by atoms with E-state index < -0.39 is 0 Å². The van der Waals surface area contributed by atoms with Gasteiger partial charge in [-0.1, -0.05) is 49.7 Å². The largest absolute Gasteiger partial charge is 0.399 e. The van der Waals surface area contributed by atoms with Crippen molar-refractivity contribution in [3.63, 3.8) is 0 Å². The van der Waals surface area contributed by atoms with E-state index in [9.17, 15) is 0 Å². The zero-order valence-corrected chi connectivity index (χ0v) is 12.9. The van der Waals surface area contributed by atoms with E-state index in [0.29, 0.717) is 0 Å². The zero-order valence-electron chi connectivity index (χ0n) is 12.0. The molecule has 3 aromatic rings. The molecule has 0 spiro atoms. The molecule has 0 fully saturated rings. The second-order valence-electron chi connectivity index (χ2n) is 5.11. The molecular weight excluding hydrogens is 276 g/mol. The number of hydrogen-bond donors (Lipinski definition) is 1. The number of aromatic nitrogens is 1. The van der Waals surface area contributed by atoms with Crippen molar-refractivity contribution in [1.82, 2.24) is 4.98 Å². The number of benzene rings is 2. The molecule has 0 saturated carbocycles. The molecule has 0 aliphatic rings. The number of anilines is 1. The summed E-state index contributed by atoms with van der Waals surface area (Å²) in [4.78, 5) is 4.73. The van der Waals surface area contributed by atoms with Crippen LogP contribution in [-0.4, -0.2) is 4.98 Å². The van der Waals surface area contributed by atoms with Crippen LogP contribution in [0.2, 0.25) is 0 Å². The van der Waals surface area contributed by atoms with Crippen LogP contribution in [0.1, 0.15) is 18.9 Å². The van der Waals surface area contributed by atoms with Crippen molar-refractivity contribution < 1.29 is 0 Å². The molecule has 2 nitrogen and oxygen atoms in total. The number of rotatable bonds is 4. The summed E-state index contributed by atoms with van der Waals surface area (Å²) in [6, 6.07) is 16.6. The average molecular weight is 294 g/mol. The molecule has 2 N–H and O–H groups in total. The van der Waals surface area contributed by atoms with Gasteiger partial charge in [-0.2, -0.15) is 0 Å². The molecule has 0 unspecified atom stereocenters. The molecule has 106 valence electrons. The third kappa shape index (κ3) is 3.14.